The van der Waals surface area contributed by atoms with Crippen LogP contribution < -0.4 is 4.74 Å². The zero-order valence-electron chi connectivity index (χ0n) is 21.9. The quantitative estimate of drug-likeness (QED) is 0.225. The van der Waals surface area contributed by atoms with Crippen molar-refractivity contribution in [1.29, 1.82) is 0 Å². The van der Waals surface area contributed by atoms with E-state index in [0.29, 0.717) is 0 Å². The van der Waals surface area contributed by atoms with Crippen LogP contribution in [-0.4, -0.2) is 24.3 Å². The molecule has 4 aromatic carbocycles. The minimum Gasteiger partial charge on any atom is -0.457 e. The van der Waals surface area contributed by atoms with Crippen molar-refractivity contribution in [3.63, 3.8) is 0 Å². The summed E-state index contributed by atoms with van der Waals surface area (Å²) in [6, 6.07) is 36.9. The predicted octanol–water partition coefficient (Wildman–Crippen LogP) is 8.37. The summed E-state index contributed by atoms with van der Waals surface area (Å²) < 4.78 is 10.4. The average Bonchev–Trinajstić information content (AvgIpc) is 3.65. The SMILES string of the molecule is c1ccc(-n2c3ccccc3c3ccc(Oc4cccc(-n5cc(-c6ccc7ccncc7c6)cn5)c4)cc32)nc1. The molecule has 41 heavy (non-hydrogen) atoms. The molecule has 8 aromatic rings. The maximum atomic E-state index is 6.39. The highest BCUT2D eigenvalue weighted by Gasteiger charge is 2.14. The third-order valence-electron chi connectivity index (χ3n) is 7.40. The van der Waals surface area contributed by atoms with Crippen molar-refractivity contribution in [3.8, 4) is 34.1 Å². The largest absolute Gasteiger partial charge is 0.457 e. The van der Waals surface area contributed by atoms with Crippen LogP contribution in [0.2, 0.25) is 0 Å². The lowest BCUT2D eigenvalue weighted by atomic mass is 10.1. The van der Waals surface area contributed by atoms with E-state index in [2.05, 4.69) is 74.2 Å². The van der Waals surface area contributed by atoms with Crippen molar-refractivity contribution in [3.05, 3.63) is 140 Å². The number of ether oxygens (including phenoxy) is 1. The molecule has 0 aliphatic heterocycles. The van der Waals surface area contributed by atoms with Gasteiger partial charge in [-0.15, -0.1) is 0 Å². The number of hydrogen-bond donors (Lipinski definition) is 0. The molecule has 4 aromatic heterocycles. The molecule has 0 atom stereocenters. The molecule has 0 N–H and O–H groups in total. The van der Waals surface area contributed by atoms with E-state index in [9.17, 15) is 0 Å². The number of aromatic nitrogens is 5. The van der Waals surface area contributed by atoms with E-state index in [1.807, 2.05) is 90.3 Å². The zero-order valence-corrected chi connectivity index (χ0v) is 21.9. The topological polar surface area (TPSA) is 57.8 Å². The van der Waals surface area contributed by atoms with E-state index in [4.69, 9.17) is 4.74 Å². The third kappa shape index (κ3) is 4.10. The number of pyridine rings is 2. The first-order chi connectivity index (χ1) is 20.3. The molecule has 0 saturated carbocycles. The molecule has 6 nitrogen and oxygen atoms in total. The van der Waals surface area contributed by atoms with Gasteiger partial charge in [-0.05, 0) is 65.5 Å². The van der Waals surface area contributed by atoms with Crippen LogP contribution in [0.3, 0.4) is 0 Å². The molecular weight excluding hydrogens is 506 g/mol. The van der Waals surface area contributed by atoms with Gasteiger partial charge in [0.25, 0.3) is 0 Å². The fourth-order valence-electron chi connectivity index (χ4n) is 5.45. The van der Waals surface area contributed by atoms with Crippen molar-refractivity contribution in [2.45, 2.75) is 0 Å². The molecule has 8 rings (SSSR count). The summed E-state index contributed by atoms with van der Waals surface area (Å²) in [5, 5.41) is 9.24. The molecular formula is C35H23N5O. The molecule has 0 saturated heterocycles. The monoisotopic (exact) mass is 529 g/mol. The summed E-state index contributed by atoms with van der Waals surface area (Å²) >= 11 is 0. The van der Waals surface area contributed by atoms with Gasteiger partial charge in [0, 0.05) is 58.6 Å². The van der Waals surface area contributed by atoms with E-state index < -0.39 is 0 Å². The second-order valence-corrected chi connectivity index (χ2v) is 9.93. The van der Waals surface area contributed by atoms with Gasteiger partial charge in [0.1, 0.15) is 17.3 Å². The van der Waals surface area contributed by atoms with Crippen molar-refractivity contribution in [2.75, 3.05) is 0 Å². The Bertz CT molecular complexity index is 2200. The van der Waals surface area contributed by atoms with Gasteiger partial charge in [0.05, 0.1) is 22.9 Å². The van der Waals surface area contributed by atoms with Crippen molar-refractivity contribution >= 4 is 32.6 Å². The van der Waals surface area contributed by atoms with Gasteiger partial charge >= 0.3 is 0 Å². The summed E-state index contributed by atoms with van der Waals surface area (Å²) in [6.07, 6.45) is 9.44. The summed E-state index contributed by atoms with van der Waals surface area (Å²) in [6.45, 7) is 0. The first kappa shape index (κ1) is 23.2. The Hall–Kier alpha value is -5.75. The smallest absolute Gasteiger partial charge is 0.137 e. The highest BCUT2D eigenvalue weighted by Crippen LogP contribution is 2.35. The lowest BCUT2D eigenvalue weighted by Gasteiger charge is -2.10. The van der Waals surface area contributed by atoms with Crippen LogP contribution in [-0.2, 0) is 0 Å². The molecule has 4 heterocycles. The Morgan fingerprint density at radius 2 is 1.49 bits per heavy atom. The van der Waals surface area contributed by atoms with Crippen molar-refractivity contribution in [2.24, 2.45) is 0 Å². The molecule has 0 spiro atoms. The van der Waals surface area contributed by atoms with Gasteiger partial charge in [-0.1, -0.05) is 42.5 Å². The van der Waals surface area contributed by atoms with Gasteiger partial charge in [0.15, 0.2) is 0 Å². The van der Waals surface area contributed by atoms with Gasteiger partial charge in [-0.2, -0.15) is 5.10 Å². The van der Waals surface area contributed by atoms with Gasteiger partial charge in [0.2, 0.25) is 0 Å². The van der Waals surface area contributed by atoms with Crippen LogP contribution in [0.15, 0.2) is 140 Å². The Morgan fingerprint density at radius 3 is 2.44 bits per heavy atom. The first-order valence-corrected chi connectivity index (χ1v) is 13.4. The van der Waals surface area contributed by atoms with E-state index >= 15 is 0 Å². The summed E-state index contributed by atoms with van der Waals surface area (Å²) in [7, 11) is 0. The Labute approximate surface area is 235 Å². The zero-order chi connectivity index (χ0) is 27.2. The van der Waals surface area contributed by atoms with E-state index in [1.54, 1.807) is 0 Å². The van der Waals surface area contributed by atoms with Crippen LogP contribution in [0, 0.1) is 0 Å². The fourth-order valence-corrected chi connectivity index (χ4v) is 5.45. The number of hydrogen-bond acceptors (Lipinski definition) is 4. The third-order valence-corrected chi connectivity index (χ3v) is 7.40. The lowest BCUT2D eigenvalue weighted by molar-refractivity contribution is 0.483. The molecule has 6 heteroatoms. The van der Waals surface area contributed by atoms with E-state index in [1.165, 1.54) is 10.8 Å². The average molecular weight is 530 g/mol. The Kier molecular flexibility index (Phi) is 5.35. The summed E-state index contributed by atoms with van der Waals surface area (Å²) in [5.74, 6) is 2.35. The number of para-hydroxylation sites is 1. The van der Waals surface area contributed by atoms with Crippen LogP contribution in [0.25, 0.3) is 55.2 Å². The number of fused-ring (bicyclic) bond motifs is 4. The van der Waals surface area contributed by atoms with Gasteiger partial charge < -0.3 is 4.74 Å². The Morgan fingerprint density at radius 1 is 0.585 bits per heavy atom. The minimum absolute atomic E-state index is 0.733. The molecule has 0 unspecified atom stereocenters. The van der Waals surface area contributed by atoms with Crippen LogP contribution in [0.5, 0.6) is 11.5 Å². The van der Waals surface area contributed by atoms with Crippen molar-refractivity contribution in [1.82, 2.24) is 24.3 Å². The van der Waals surface area contributed by atoms with Crippen LogP contribution in [0.4, 0.5) is 0 Å². The second-order valence-electron chi connectivity index (χ2n) is 9.93. The highest BCUT2D eigenvalue weighted by atomic mass is 16.5. The number of nitrogens with zero attached hydrogens (tertiary/aromatic N) is 5. The van der Waals surface area contributed by atoms with Gasteiger partial charge in [-0.25, -0.2) is 9.67 Å². The predicted molar refractivity (Wildman–Crippen MR) is 163 cm³/mol. The van der Waals surface area contributed by atoms with Crippen LogP contribution in [0.1, 0.15) is 0 Å². The maximum Gasteiger partial charge on any atom is 0.137 e. The molecule has 0 aliphatic rings. The number of benzene rings is 4. The fraction of sp³-hybridized carbons (Fsp3) is 0. The minimum atomic E-state index is 0.733. The summed E-state index contributed by atoms with van der Waals surface area (Å²) in [4.78, 5) is 8.88. The molecule has 0 amide bonds. The van der Waals surface area contributed by atoms with Crippen molar-refractivity contribution < 1.29 is 4.74 Å². The standard InChI is InChI=1S/C35H23N5O/c1-2-9-33-31(8-1)32-14-13-30(20-34(32)40(33)35-10-3-4-16-37-35)41-29-7-5-6-28(19-29)39-23-27(22-38-39)25-12-11-24-15-17-36-21-26(24)18-25/h1-23H. The molecule has 0 fully saturated rings. The maximum absolute atomic E-state index is 6.39. The Balaban J connectivity index is 1.13. The lowest BCUT2D eigenvalue weighted by Crippen LogP contribution is -1.96. The van der Waals surface area contributed by atoms with Crippen LogP contribution >= 0.6 is 0 Å². The molecule has 0 radical (unpaired) electrons. The van der Waals surface area contributed by atoms with Gasteiger partial charge in [-0.3, -0.25) is 9.55 Å². The normalized spacial score (nSPS) is 11.4. The molecule has 194 valence electrons. The summed E-state index contributed by atoms with van der Waals surface area (Å²) in [5.41, 5.74) is 5.20. The second kappa shape index (κ2) is 9.47. The molecule has 0 bridgehead atoms. The van der Waals surface area contributed by atoms with E-state index in [0.717, 1.165) is 55.9 Å². The first-order valence-electron chi connectivity index (χ1n) is 13.4. The molecule has 0 aliphatic carbocycles. The highest BCUT2D eigenvalue weighted by molar-refractivity contribution is 6.09. The van der Waals surface area contributed by atoms with E-state index in [-0.39, 0.29) is 0 Å². The number of rotatable bonds is 5.